The van der Waals surface area contributed by atoms with Crippen LogP contribution in [-0.4, -0.2) is 44.5 Å². The molecule has 2 amide bonds. The molecule has 0 aliphatic carbocycles. The first kappa shape index (κ1) is 14.5. The van der Waals surface area contributed by atoms with Gasteiger partial charge in [0.1, 0.15) is 0 Å². The highest BCUT2D eigenvalue weighted by atomic mass is 32.2. The minimum absolute atomic E-state index is 0.0533. The maximum absolute atomic E-state index is 11.1. The van der Waals surface area contributed by atoms with E-state index in [-0.39, 0.29) is 4.41 Å². The second kappa shape index (κ2) is 5.54. The number of sulfonamides is 1. The first-order chi connectivity index (χ1) is 7.18. The smallest absolute Gasteiger partial charge is 0.443 e. The van der Waals surface area contributed by atoms with Crippen molar-refractivity contribution in [1.82, 2.24) is 9.84 Å². The van der Waals surface area contributed by atoms with Crippen LogP contribution in [-0.2, 0) is 19.5 Å². The Hall–Kier alpha value is -1.51. The quantitative estimate of drug-likeness (QED) is 0.699. The van der Waals surface area contributed by atoms with Crippen LogP contribution in [0.25, 0.3) is 0 Å². The molecule has 9 heteroatoms. The highest BCUT2D eigenvalue weighted by Gasteiger charge is 2.27. The summed E-state index contributed by atoms with van der Waals surface area (Å²) in [7, 11) is -2.98. The Morgan fingerprint density at radius 1 is 1.31 bits per heavy atom. The van der Waals surface area contributed by atoms with Crippen molar-refractivity contribution in [2.24, 2.45) is 0 Å². The summed E-state index contributed by atoms with van der Waals surface area (Å²) in [5, 5.41) is 0. The predicted molar refractivity (Wildman–Crippen MR) is 53.8 cm³/mol. The van der Waals surface area contributed by atoms with Crippen molar-refractivity contribution in [3.8, 4) is 0 Å². The molecule has 0 heterocycles. The van der Waals surface area contributed by atoms with Gasteiger partial charge in [-0.25, -0.2) is 23.4 Å². The largest absolute Gasteiger partial charge is 0.451 e. The lowest BCUT2D eigenvalue weighted by molar-refractivity contribution is 0.0915. The summed E-state index contributed by atoms with van der Waals surface area (Å²) in [4.78, 5) is 22.1. The van der Waals surface area contributed by atoms with Gasteiger partial charge < -0.3 is 9.47 Å². The fourth-order valence-corrected chi connectivity index (χ4v) is 1.26. The summed E-state index contributed by atoms with van der Waals surface area (Å²) in [5.41, 5.74) is 1.75. The zero-order chi connectivity index (χ0) is 12.9. The molecule has 0 saturated heterocycles. The van der Waals surface area contributed by atoms with Crippen LogP contribution in [0.15, 0.2) is 0 Å². The number of rotatable bonds is 2. The third-order valence-corrected chi connectivity index (χ3v) is 2.11. The van der Waals surface area contributed by atoms with Gasteiger partial charge in [-0.05, 0) is 13.8 Å². The van der Waals surface area contributed by atoms with Crippen LogP contribution in [0.1, 0.15) is 13.8 Å². The van der Waals surface area contributed by atoms with Gasteiger partial charge in [0.25, 0.3) is 10.0 Å². The normalized spacial score (nSPS) is 10.8. The second-order valence-electron chi connectivity index (χ2n) is 3.06. The molecule has 0 atom stereocenters. The lowest BCUT2D eigenvalue weighted by Crippen LogP contribution is -2.49. The number of hydrazine groups is 1. The number of nitrogens with one attached hydrogen (secondary N) is 1. The van der Waals surface area contributed by atoms with E-state index in [9.17, 15) is 18.0 Å². The summed E-state index contributed by atoms with van der Waals surface area (Å²) in [6, 6.07) is 0. The fraction of sp³-hybridized carbons (Fsp3) is 0.714. The minimum atomic E-state index is -3.96. The molecule has 0 bridgehead atoms. The topological polar surface area (TPSA) is 102 Å². The van der Waals surface area contributed by atoms with Gasteiger partial charge in [0.15, 0.2) is 0 Å². The summed E-state index contributed by atoms with van der Waals surface area (Å²) < 4.78 is 31.1. The van der Waals surface area contributed by atoms with Gasteiger partial charge in [-0.3, -0.25) is 0 Å². The molecule has 0 unspecified atom stereocenters. The van der Waals surface area contributed by atoms with Crippen molar-refractivity contribution in [2.75, 3.05) is 13.4 Å². The van der Waals surface area contributed by atoms with E-state index in [1.54, 1.807) is 19.3 Å². The molecule has 94 valence electrons. The molecule has 0 aromatic heterocycles. The zero-order valence-electron chi connectivity index (χ0n) is 9.38. The van der Waals surface area contributed by atoms with E-state index in [1.165, 1.54) is 0 Å². The van der Waals surface area contributed by atoms with E-state index < -0.39 is 28.3 Å². The molecule has 8 nitrogen and oxygen atoms in total. The molecule has 0 saturated carbocycles. The maximum atomic E-state index is 11.1. The molecule has 0 fully saturated rings. The molecule has 0 spiro atoms. The average molecular weight is 254 g/mol. The Kier molecular flexibility index (Phi) is 5.02. The monoisotopic (exact) mass is 254 g/mol. The van der Waals surface area contributed by atoms with Crippen molar-refractivity contribution >= 4 is 22.2 Å². The van der Waals surface area contributed by atoms with E-state index in [0.29, 0.717) is 0 Å². The zero-order valence-corrected chi connectivity index (χ0v) is 10.2. The Morgan fingerprint density at radius 3 is 2.12 bits per heavy atom. The van der Waals surface area contributed by atoms with E-state index in [4.69, 9.17) is 0 Å². The number of hydrogen-bond acceptors (Lipinski definition) is 6. The Balaban J connectivity index is 4.71. The van der Waals surface area contributed by atoms with Crippen molar-refractivity contribution in [1.29, 1.82) is 0 Å². The molecular weight excluding hydrogens is 240 g/mol. The van der Waals surface area contributed by atoms with Gasteiger partial charge in [-0.2, -0.15) is 0 Å². The molecule has 0 aliphatic heterocycles. The number of hydrogen-bond donors (Lipinski definition) is 1. The standard InChI is InChI=1S/C7H14N2O6S/c1-5(2)15-6(10)8-9(7(11)14-3)16(4,12)13/h5H,1-4H3,(H,8,10). The third kappa shape index (κ3) is 4.82. The Bertz CT molecular complexity index is 363. The van der Waals surface area contributed by atoms with Gasteiger partial charge in [-0.15, -0.1) is 4.41 Å². The highest BCUT2D eigenvalue weighted by Crippen LogP contribution is 1.98. The van der Waals surface area contributed by atoms with E-state index >= 15 is 0 Å². The summed E-state index contributed by atoms with van der Waals surface area (Å²) in [6.07, 6.45) is -2.01. The van der Waals surface area contributed by atoms with Crippen LogP contribution in [0.4, 0.5) is 9.59 Å². The first-order valence-corrected chi connectivity index (χ1v) is 6.08. The number of amides is 2. The SMILES string of the molecule is COC(=O)N(NC(=O)OC(C)C)S(C)(=O)=O. The molecule has 16 heavy (non-hydrogen) atoms. The number of ether oxygens (including phenoxy) is 2. The lowest BCUT2D eigenvalue weighted by atomic mass is 10.5. The fourth-order valence-electron chi connectivity index (χ4n) is 0.670. The maximum Gasteiger partial charge on any atom is 0.443 e. The third-order valence-electron chi connectivity index (χ3n) is 1.21. The van der Waals surface area contributed by atoms with E-state index in [0.717, 1.165) is 13.4 Å². The van der Waals surface area contributed by atoms with Crippen LogP contribution in [0.3, 0.4) is 0 Å². The van der Waals surface area contributed by atoms with Crippen LogP contribution >= 0.6 is 0 Å². The summed E-state index contributed by atoms with van der Waals surface area (Å²) in [6.45, 7) is 3.14. The van der Waals surface area contributed by atoms with Crippen molar-refractivity contribution in [2.45, 2.75) is 20.0 Å². The highest BCUT2D eigenvalue weighted by molar-refractivity contribution is 7.88. The van der Waals surface area contributed by atoms with Crippen molar-refractivity contribution < 1.29 is 27.5 Å². The minimum Gasteiger partial charge on any atom is -0.451 e. The second-order valence-corrected chi connectivity index (χ2v) is 4.89. The molecular formula is C7H14N2O6S. The Morgan fingerprint density at radius 2 is 1.81 bits per heavy atom. The van der Waals surface area contributed by atoms with Gasteiger partial charge in [0.05, 0.1) is 19.5 Å². The van der Waals surface area contributed by atoms with E-state index in [2.05, 4.69) is 9.47 Å². The molecule has 0 aliphatic rings. The lowest BCUT2D eigenvalue weighted by Gasteiger charge is -2.19. The predicted octanol–water partition coefficient (Wildman–Crippen LogP) is 0.0640. The molecule has 0 rings (SSSR count). The van der Waals surface area contributed by atoms with Gasteiger partial charge >= 0.3 is 12.2 Å². The van der Waals surface area contributed by atoms with Crippen LogP contribution in [0, 0.1) is 0 Å². The van der Waals surface area contributed by atoms with Crippen molar-refractivity contribution in [3.05, 3.63) is 0 Å². The number of carbonyl (C=O) groups is 2. The van der Waals surface area contributed by atoms with Crippen LogP contribution < -0.4 is 5.43 Å². The molecule has 0 radical (unpaired) electrons. The van der Waals surface area contributed by atoms with E-state index in [1.807, 2.05) is 0 Å². The van der Waals surface area contributed by atoms with Crippen LogP contribution in [0.5, 0.6) is 0 Å². The molecule has 1 N–H and O–H groups in total. The Labute approximate surface area is 93.5 Å². The van der Waals surface area contributed by atoms with Crippen LogP contribution in [0.2, 0.25) is 0 Å². The first-order valence-electron chi connectivity index (χ1n) is 4.24. The summed E-state index contributed by atoms with van der Waals surface area (Å²) in [5.74, 6) is 0. The van der Waals surface area contributed by atoms with Crippen molar-refractivity contribution in [3.63, 3.8) is 0 Å². The van der Waals surface area contributed by atoms with Gasteiger partial charge in [0.2, 0.25) is 0 Å². The van der Waals surface area contributed by atoms with Gasteiger partial charge in [0, 0.05) is 0 Å². The number of nitrogens with zero attached hydrogens (tertiary/aromatic N) is 1. The number of methoxy groups -OCH3 is 1. The molecule has 0 aromatic rings. The molecule has 0 aromatic carbocycles. The summed E-state index contributed by atoms with van der Waals surface area (Å²) >= 11 is 0. The van der Waals surface area contributed by atoms with Gasteiger partial charge in [-0.1, -0.05) is 0 Å². The average Bonchev–Trinajstić information content (AvgIpc) is 2.10. The number of carbonyl (C=O) groups excluding carboxylic acids is 2.